The van der Waals surface area contributed by atoms with E-state index >= 15 is 0 Å². The van der Waals surface area contributed by atoms with Crippen molar-refractivity contribution >= 4 is 39.5 Å². The van der Waals surface area contributed by atoms with E-state index in [1.54, 1.807) is 0 Å². The van der Waals surface area contributed by atoms with E-state index in [4.69, 9.17) is 37.0 Å². The van der Waals surface area contributed by atoms with Crippen LogP contribution >= 0.6 is 15.6 Å². The monoisotopic (exact) mass is 1300 g/mol. The topological polar surface area (TPSA) is 237 Å². The highest BCUT2D eigenvalue weighted by Crippen LogP contribution is 2.45. The predicted octanol–water partition coefficient (Wildman–Crippen LogP) is 19.5. The first-order valence-corrected chi connectivity index (χ1v) is 38.8. The normalized spacial score (nSPS) is 14.2. The van der Waals surface area contributed by atoms with Crippen molar-refractivity contribution in [2.45, 2.75) is 362 Å². The van der Waals surface area contributed by atoms with Crippen molar-refractivity contribution in [2.75, 3.05) is 39.6 Å². The van der Waals surface area contributed by atoms with Crippen molar-refractivity contribution in [1.82, 2.24) is 0 Å². The molecular weight excluding hydrogens is 1160 g/mol. The van der Waals surface area contributed by atoms with Crippen molar-refractivity contribution in [3.8, 4) is 0 Å². The van der Waals surface area contributed by atoms with Gasteiger partial charge >= 0.3 is 39.5 Å². The molecule has 5 atom stereocenters. The number of aliphatic hydroxyl groups is 1. The molecule has 0 saturated heterocycles. The molecular formula is C69H134O17P2. The van der Waals surface area contributed by atoms with Gasteiger partial charge in [-0.2, -0.15) is 0 Å². The predicted molar refractivity (Wildman–Crippen MR) is 354 cm³/mol. The van der Waals surface area contributed by atoms with Crippen LogP contribution in [0.2, 0.25) is 0 Å². The third-order valence-electron chi connectivity index (χ3n) is 15.9. The molecule has 522 valence electrons. The van der Waals surface area contributed by atoms with Crippen LogP contribution in [0.5, 0.6) is 0 Å². The van der Waals surface area contributed by atoms with Gasteiger partial charge in [-0.1, -0.05) is 292 Å². The van der Waals surface area contributed by atoms with Crippen LogP contribution < -0.4 is 0 Å². The minimum Gasteiger partial charge on any atom is -0.462 e. The molecule has 0 rings (SSSR count). The number of phosphoric acid groups is 2. The molecule has 0 aromatic rings. The van der Waals surface area contributed by atoms with Crippen LogP contribution in [0.15, 0.2) is 0 Å². The van der Waals surface area contributed by atoms with Crippen LogP contribution in [0.1, 0.15) is 344 Å². The van der Waals surface area contributed by atoms with E-state index < -0.39 is 97.5 Å². The summed E-state index contributed by atoms with van der Waals surface area (Å²) in [4.78, 5) is 72.4. The van der Waals surface area contributed by atoms with Crippen molar-refractivity contribution < 1.29 is 80.2 Å². The lowest BCUT2D eigenvalue weighted by Crippen LogP contribution is -2.30. The van der Waals surface area contributed by atoms with Crippen LogP contribution in [0.25, 0.3) is 0 Å². The number of esters is 4. The summed E-state index contributed by atoms with van der Waals surface area (Å²) in [7, 11) is -9.90. The van der Waals surface area contributed by atoms with E-state index in [1.165, 1.54) is 148 Å². The molecule has 0 aliphatic rings. The zero-order chi connectivity index (χ0) is 65.2. The van der Waals surface area contributed by atoms with Gasteiger partial charge in [-0.05, 0) is 43.4 Å². The Morgan fingerprint density at radius 1 is 0.307 bits per heavy atom. The van der Waals surface area contributed by atoms with E-state index in [9.17, 15) is 43.2 Å². The second kappa shape index (κ2) is 60.0. The SMILES string of the molecule is CCCCCCCCCCCCCC(=O)O[C@H](COC(=O)CCCCCCCCC(C)C)COP(=O)(O)OC[C@H](O)COP(=O)(O)OC[C@@H](COC(=O)CCCCCCCCCCC(C)C)OC(=O)CCCCCCCCCCCCCCCCC(C)C. The maximum Gasteiger partial charge on any atom is 0.472 e. The third-order valence-corrected chi connectivity index (χ3v) is 17.8. The Bertz CT molecular complexity index is 1730. The Hall–Kier alpha value is -1.94. The van der Waals surface area contributed by atoms with Gasteiger partial charge in [0.1, 0.15) is 19.3 Å². The number of ether oxygens (including phenoxy) is 4. The second-order valence-corrected chi connectivity index (χ2v) is 29.3. The largest absolute Gasteiger partial charge is 0.472 e. The molecule has 88 heavy (non-hydrogen) atoms. The van der Waals surface area contributed by atoms with Gasteiger partial charge < -0.3 is 33.8 Å². The highest BCUT2D eigenvalue weighted by Gasteiger charge is 2.30. The van der Waals surface area contributed by atoms with E-state index in [2.05, 4.69) is 48.5 Å². The Labute approximate surface area is 537 Å². The molecule has 0 amide bonds. The fourth-order valence-electron chi connectivity index (χ4n) is 10.4. The van der Waals surface area contributed by atoms with Gasteiger partial charge in [-0.25, -0.2) is 9.13 Å². The smallest absolute Gasteiger partial charge is 0.462 e. The maximum atomic E-state index is 13.0. The lowest BCUT2D eigenvalue weighted by atomic mass is 10.0. The van der Waals surface area contributed by atoms with Crippen LogP contribution in [0, 0.1) is 17.8 Å². The molecule has 0 heterocycles. The summed E-state index contributed by atoms with van der Waals surface area (Å²) in [6.45, 7) is 11.7. The molecule has 17 nitrogen and oxygen atoms in total. The first-order chi connectivity index (χ1) is 42.2. The van der Waals surface area contributed by atoms with Crippen molar-refractivity contribution in [3.63, 3.8) is 0 Å². The summed E-state index contributed by atoms with van der Waals surface area (Å²) < 4.78 is 68.2. The molecule has 2 unspecified atom stereocenters. The number of aliphatic hydroxyl groups excluding tert-OH is 1. The average molecular weight is 1300 g/mol. The highest BCUT2D eigenvalue weighted by molar-refractivity contribution is 7.47. The van der Waals surface area contributed by atoms with Crippen molar-refractivity contribution in [1.29, 1.82) is 0 Å². The first-order valence-electron chi connectivity index (χ1n) is 35.8. The van der Waals surface area contributed by atoms with E-state index in [1.807, 2.05) is 0 Å². The Balaban J connectivity index is 5.22. The second-order valence-electron chi connectivity index (χ2n) is 26.3. The number of carbonyl (C=O) groups excluding carboxylic acids is 4. The number of hydrogen-bond acceptors (Lipinski definition) is 15. The van der Waals surface area contributed by atoms with Crippen LogP contribution in [0.4, 0.5) is 0 Å². The lowest BCUT2D eigenvalue weighted by Gasteiger charge is -2.21. The van der Waals surface area contributed by atoms with Gasteiger partial charge in [-0.3, -0.25) is 37.3 Å². The molecule has 0 fully saturated rings. The third kappa shape index (κ3) is 62.8. The minimum absolute atomic E-state index is 0.105. The average Bonchev–Trinajstić information content (AvgIpc) is 3.67. The molecule has 3 N–H and O–H groups in total. The van der Waals surface area contributed by atoms with E-state index in [0.29, 0.717) is 31.6 Å². The Morgan fingerprint density at radius 2 is 0.523 bits per heavy atom. The summed E-state index contributed by atoms with van der Waals surface area (Å²) in [5, 5.41) is 10.6. The van der Waals surface area contributed by atoms with Gasteiger partial charge in [-0.15, -0.1) is 0 Å². The number of phosphoric ester groups is 2. The summed E-state index contributed by atoms with van der Waals surface area (Å²) in [5.41, 5.74) is 0. The number of hydrogen-bond donors (Lipinski definition) is 3. The van der Waals surface area contributed by atoms with Gasteiger partial charge in [0.05, 0.1) is 26.4 Å². The quantitative estimate of drug-likeness (QED) is 0.0222. The Morgan fingerprint density at radius 3 is 0.773 bits per heavy atom. The van der Waals surface area contributed by atoms with Crippen molar-refractivity contribution in [3.05, 3.63) is 0 Å². The molecule has 0 radical (unpaired) electrons. The van der Waals surface area contributed by atoms with Gasteiger partial charge in [0.2, 0.25) is 0 Å². The molecule has 0 spiro atoms. The molecule has 19 heteroatoms. The molecule has 0 bridgehead atoms. The zero-order valence-electron chi connectivity index (χ0n) is 57.2. The number of carbonyl (C=O) groups is 4. The van der Waals surface area contributed by atoms with Gasteiger partial charge in [0.15, 0.2) is 12.2 Å². The lowest BCUT2D eigenvalue weighted by molar-refractivity contribution is -0.161. The molecule has 0 aromatic heterocycles. The van der Waals surface area contributed by atoms with Gasteiger partial charge in [0.25, 0.3) is 0 Å². The van der Waals surface area contributed by atoms with E-state index in [0.717, 1.165) is 108 Å². The van der Waals surface area contributed by atoms with Crippen molar-refractivity contribution in [2.24, 2.45) is 17.8 Å². The molecule has 0 aliphatic heterocycles. The fourth-order valence-corrected chi connectivity index (χ4v) is 11.9. The Kier molecular flexibility index (Phi) is 58.7. The summed E-state index contributed by atoms with van der Waals surface area (Å²) in [6, 6.07) is 0. The summed E-state index contributed by atoms with van der Waals surface area (Å²) in [6.07, 6.45) is 43.2. The van der Waals surface area contributed by atoms with E-state index in [-0.39, 0.29) is 25.7 Å². The van der Waals surface area contributed by atoms with Crippen LogP contribution in [0.3, 0.4) is 0 Å². The molecule has 0 saturated carbocycles. The summed E-state index contributed by atoms with van der Waals surface area (Å²) in [5.74, 6) is 0.0715. The van der Waals surface area contributed by atoms with Crippen LogP contribution in [-0.4, -0.2) is 96.7 Å². The molecule has 0 aliphatic carbocycles. The van der Waals surface area contributed by atoms with Crippen LogP contribution in [-0.2, 0) is 65.4 Å². The molecule has 0 aromatic carbocycles. The number of rotatable bonds is 67. The zero-order valence-corrected chi connectivity index (χ0v) is 59.0. The fraction of sp³-hybridized carbons (Fsp3) is 0.942. The van der Waals surface area contributed by atoms with Gasteiger partial charge in [0, 0.05) is 25.7 Å². The first kappa shape index (κ1) is 86.1. The highest BCUT2D eigenvalue weighted by atomic mass is 31.2. The standard InChI is InChI=1S/C69H134O17P2/c1-8-9-10-11-12-13-18-22-29-38-45-52-68(73)86-65(57-80-67(72)51-44-37-32-31-35-42-49-62(6)7)59-84-88(77,78)82-55-63(70)54-81-87(75,76)83-58-64(56-79-66(71)50-43-36-28-25-24-27-34-41-48-61(4)5)85-69(74)53-46-39-30-23-20-17-15-14-16-19-21-26-33-40-47-60(2)3/h60-65,70H,8-59H2,1-7H3,(H,75,76)(H,77,78)/t63-,64-,65-/m1/s1. The minimum atomic E-state index is -4.95. The summed E-state index contributed by atoms with van der Waals surface area (Å²) >= 11 is 0. The maximum absolute atomic E-state index is 13.0. The number of unbranched alkanes of at least 4 members (excludes halogenated alkanes) is 35.